The molecule has 2 aliphatic rings. The second-order valence-electron chi connectivity index (χ2n) is 7.12. The molecule has 0 radical (unpaired) electrons. The zero-order valence-electron chi connectivity index (χ0n) is 16.8. The SMILES string of the molecule is COc1cnc(C(=O)Nc2ccc3c(c2)[C@@]2(CCN=C(N)O2)c2cc(Br)cnc2O3)cn1. The van der Waals surface area contributed by atoms with Gasteiger partial charge in [0.2, 0.25) is 11.8 Å². The topological polar surface area (TPSA) is 134 Å². The highest BCUT2D eigenvalue weighted by Gasteiger charge is 2.47. The molecule has 32 heavy (non-hydrogen) atoms. The first kappa shape index (κ1) is 20.2. The maximum atomic E-state index is 12.7. The van der Waals surface area contributed by atoms with Crippen molar-refractivity contribution >= 4 is 33.5 Å². The Morgan fingerprint density at radius 2 is 2.06 bits per heavy atom. The van der Waals surface area contributed by atoms with Crippen LogP contribution in [0, 0.1) is 0 Å². The molecule has 1 aromatic carbocycles. The number of nitrogens with zero attached hydrogens (tertiary/aromatic N) is 4. The van der Waals surface area contributed by atoms with E-state index in [0.717, 1.165) is 10.0 Å². The molecule has 1 spiro atoms. The molecule has 4 heterocycles. The molecule has 3 N–H and O–H groups in total. The number of carbonyl (C=O) groups is 1. The van der Waals surface area contributed by atoms with Crippen molar-refractivity contribution in [2.24, 2.45) is 10.7 Å². The van der Waals surface area contributed by atoms with Crippen LogP contribution in [0.4, 0.5) is 5.69 Å². The van der Waals surface area contributed by atoms with Crippen LogP contribution in [0.2, 0.25) is 0 Å². The number of ether oxygens (including phenoxy) is 3. The maximum absolute atomic E-state index is 12.7. The number of amidine groups is 1. The fraction of sp³-hybridized carbons (Fsp3) is 0.190. The van der Waals surface area contributed by atoms with E-state index >= 15 is 0 Å². The minimum absolute atomic E-state index is 0.0815. The highest BCUT2D eigenvalue weighted by molar-refractivity contribution is 9.10. The number of anilines is 1. The Hall–Kier alpha value is -3.73. The molecule has 11 heteroatoms. The fourth-order valence-corrected chi connectivity index (χ4v) is 4.09. The summed E-state index contributed by atoms with van der Waals surface area (Å²) in [6, 6.07) is 7.25. The number of methoxy groups -OCH3 is 1. The molecule has 0 unspecified atom stereocenters. The lowest BCUT2D eigenvalue weighted by Crippen LogP contribution is -2.42. The van der Waals surface area contributed by atoms with E-state index in [2.05, 4.69) is 41.2 Å². The highest BCUT2D eigenvalue weighted by atomic mass is 79.9. The Morgan fingerprint density at radius 3 is 2.81 bits per heavy atom. The Balaban J connectivity index is 1.54. The smallest absolute Gasteiger partial charge is 0.283 e. The summed E-state index contributed by atoms with van der Waals surface area (Å²) in [6.45, 7) is 0.468. The summed E-state index contributed by atoms with van der Waals surface area (Å²) < 4.78 is 17.9. The number of hydrogen-bond acceptors (Lipinski definition) is 9. The Labute approximate surface area is 191 Å². The van der Waals surface area contributed by atoms with Gasteiger partial charge in [-0.3, -0.25) is 4.79 Å². The third-order valence-corrected chi connectivity index (χ3v) is 5.65. The van der Waals surface area contributed by atoms with E-state index in [9.17, 15) is 4.79 Å². The molecular formula is C21H17BrN6O4. The number of aliphatic imine (C=N–C) groups is 1. The number of pyridine rings is 1. The molecule has 1 atom stereocenters. The van der Waals surface area contributed by atoms with Crippen LogP contribution in [0.3, 0.4) is 0 Å². The van der Waals surface area contributed by atoms with Crippen LogP contribution in [-0.4, -0.2) is 40.5 Å². The first-order valence-corrected chi connectivity index (χ1v) is 10.4. The van der Waals surface area contributed by atoms with Gasteiger partial charge in [-0.1, -0.05) is 0 Å². The molecule has 0 fully saturated rings. The molecule has 0 saturated heterocycles. The van der Waals surface area contributed by atoms with Gasteiger partial charge in [0.25, 0.3) is 11.9 Å². The number of aromatic nitrogens is 3. The Bertz CT molecular complexity index is 1250. The minimum Gasteiger partial charge on any atom is -0.480 e. The maximum Gasteiger partial charge on any atom is 0.283 e. The average molecular weight is 497 g/mol. The van der Waals surface area contributed by atoms with Crippen molar-refractivity contribution in [1.29, 1.82) is 0 Å². The quantitative estimate of drug-likeness (QED) is 0.564. The monoisotopic (exact) mass is 496 g/mol. The summed E-state index contributed by atoms with van der Waals surface area (Å²) >= 11 is 3.46. The number of rotatable bonds is 3. The zero-order valence-corrected chi connectivity index (χ0v) is 18.4. The van der Waals surface area contributed by atoms with Gasteiger partial charge in [0.15, 0.2) is 5.60 Å². The average Bonchev–Trinajstić information content (AvgIpc) is 2.80. The molecule has 0 bridgehead atoms. The summed E-state index contributed by atoms with van der Waals surface area (Å²) in [5.74, 6) is 0.896. The number of fused-ring (bicyclic) bond motifs is 4. The molecule has 10 nitrogen and oxygen atoms in total. The van der Waals surface area contributed by atoms with E-state index < -0.39 is 11.5 Å². The van der Waals surface area contributed by atoms with Crippen molar-refractivity contribution in [1.82, 2.24) is 15.0 Å². The van der Waals surface area contributed by atoms with Crippen molar-refractivity contribution in [3.63, 3.8) is 0 Å². The van der Waals surface area contributed by atoms with E-state index in [1.54, 1.807) is 24.4 Å². The molecule has 0 aliphatic carbocycles. The number of hydrogen-bond donors (Lipinski definition) is 2. The summed E-state index contributed by atoms with van der Waals surface area (Å²) in [5, 5.41) is 2.83. The summed E-state index contributed by atoms with van der Waals surface area (Å²) in [5.41, 5.74) is 7.14. The van der Waals surface area contributed by atoms with Crippen molar-refractivity contribution in [2.45, 2.75) is 12.0 Å². The molecule has 1 amide bonds. The van der Waals surface area contributed by atoms with E-state index in [4.69, 9.17) is 19.9 Å². The lowest BCUT2D eigenvalue weighted by molar-refractivity contribution is 0.0625. The molecule has 0 saturated carbocycles. The predicted octanol–water partition coefficient (Wildman–Crippen LogP) is 2.98. The summed E-state index contributed by atoms with van der Waals surface area (Å²) in [7, 11) is 1.48. The fourth-order valence-electron chi connectivity index (χ4n) is 3.76. The van der Waals surface area contributed by atoms with Gasteiger partial charge in [-0.05, 0) is 40.2 Å². The normalized spacial score (nSPS) is 18.5. The van der Waals surface area contributed by atoms with Gasteiger partial charge < -0.3 is 25.3 Å². The highest BCUT2D eigenvalue weighted by Crippen LogP contribution is 2.52. The number of halogens is 1. The molecule has 3 aromatic rings. The first-order chi connectivity index (χ1) is 15.5. The first-order valence-electron chi connectivity index (χ1n) is 9.63. The number of nitrogens with one attached hydrogen (secondary N) is 1. The van der Waals surface area contributed by atoms with Crippen LogP contribution in [0.15, 0.2) is 52.3 Å². The third-order valence-electron chi connectivity index (χ3n) is 5.21. The van der Waals surface area contributed by atoms with Crippen LogP contribution in [0.1, 0.15) is 28.0 Å². The van der Waals surface area contributed by atoms with Crippen molar-refractivity contribution in [3.8, 4) is 17.5 Å². The van der Waals surface area contributed by atoms with Crippen LogP contribution in [0.25, 0.3) is 0 Å². The second kappa shape index (κ2) is 7.75. The number of carbonyl (C=O) groups excluding carboxylic acids is 1. The second-order valence-corrected chi connectivity index (χ2v) is 8.03. The van der Waals surface area contributed by atoms with Crippen LogP contribution < -0.4 is 20.5 Å². The van der Waals surface area contributed by atoms with Gasteiger partial charge in [0, 0.05) is 34.9 Å². The molecule has 2 aliphatic heterocycles. The largest absolute Gasteiger partial charge is 0.480 e. The predicted molar refractivity (Wildman–Crippen MR) is 118 cm³/mol. The van der Waals surface area contributed by atoms with Gasteiger partial charge >= 0.3 is 0 Å². The molecular weight excluding hydrogens is 480 g/mol. The van der Waals surface area contributed by atoms with Crippen molar-refractivity contribution in [2.75, 3.05) is 19.0 Å². The molecule has 2 aromatic heterocycles. The van der Waals surface area contributed by atoms with E-state index in [-0.39, 0.29) is 11.7 Å². The Kier molecular flexibility index (Phi) is 4.89. The third kappa shape index (κ3) is 3.40. The van der Waals surface area contributed by atoms with Crippen LogP contribution >= 0.6 is 15.9 Å². The zero-order chi connectivity index (χ0) is 22.3. The van der Waals surface area contributed by atoms with Gasteiger partial charge in [-0.15, -0.1) is 0 Å². The number of nitrogens with two attached hydrogens (primary N) is 1. The minimum atomic E-state index is -0.952. The summed E-state index contributed by atoms with van der Waals surface area (Å²) in [4.78, 5) is 29.3. The number of benzene rings is 1. The lowest BCUT2D eigenvalue weighted by atomic mass is 9.81. The summed E-state index contributed by atoms with van der Waals surface area (Å²) in [6.07, 6.45) is 4.90. The lowest BCUT2D eigenvalue weighted by Gasteiger charge is -2.40. The van der Waals surface area contributed by atoms with Crippen molar-refractivity contribution < 1.29 is 19.0 Å². The number of amides is 1. The van der Waals surface area contributed by atoms with Gasteiger partial charge in [-0.2, -0.15) is 0 Å². The standard InChI is InChI=1S/C21H17BrN6O4/c1-30-17-10-25-15(9-26-17)18(29)28-12-2-3-16-13(7-12)21(4-5-24-20(23)32-21)14-6-11(22)8-27-19(14)31-16/h2-3,6-10H,4-5H2,1H3,(H2,23,24)(H,28,29)/t21-/m0/s1. The van der Waals surface area contributed by atoms with Gasteiger partial charge in [-0.25, -0.2) is 19.9 Å². The molecule has 162 valence electrons. The molecule has 5 rings (SSSR count). The van der Waals surface area contributed by atoms with Crippen LogP contribution in [-0.2, 0) is 10.3 Å². The van der Waals surface area contributed by atoms with Gasteiger partial charge in [0.05, 0.1) is 25.1 Å². The van der Waals surface area contributed by atoms with Crippen LogP contribution in [0.5, 0.6) is 17.5 Å². The van der Waals surface area contributed by atoms with Crippen molar-refractivity contribution in [3.05, 3.63) is 64.1 Å². The van der Waals surface area contributed by atoms with E-state index in [0.29, 0.717) is 41.7 Å². The van der Waals surface area contributed by atoms with E-state index in [1.165, 1.54) is 19.5 Å². The van der Waals surface area contributed by atoms with E-state index in [1.807, 2.05) is 6.07 Å². The Morgan fingerprint density at radius 1 is 1.19 bits per heavy atom. The van der Waals surface area contributed by atoms with Gasteiger partial charge in [0.1, 0.15) is 11.4 Å².